The number of hydrogen-bond donors (Lipinski definition) is 1. The van der Waals surface area contributed by atoms with Crippen molar-refractivity contribution < 1.29 is 9.18 Å². The summed E-state index contributed by atoms with van der Waals surface area (Å²) in [6.07, 6.45) is 1.45. The highest BCUT2D eigenvalue weighted by Crippen LogP contribution is 2.30. The van der Waals surface area contributed by atoms with Gasteiger partial charge in [0, 0.05) is 11.4 Å². The van der Waals surface area contributed by atoms with Gasteiger partial charge in [0.15, 0.2) is 0 Å². The molecule has 0 unspecified atom stereocenters. The molecule has 0 aliphatic heterocycles. The van der Waals surface area contributed by atoms with Crippen LogP contribution in [-0.4, -0.2) is 26.1 Å². The molecule has 0 fully saturated rings. The van der Waals surface area contributed by atoms with Crippen molar-refractivity contribution in [1.82, 2.24) is 25.5 Å². The Balaban J connectivity index is 1.85. The molecule has 2 heterocycles. The minimum atomic E-state index is -0.325. The van der Waals surface area contributed by atoms with E-state index in [0.29, 0.717) is 16.1 Å². The average Bonchev–Trinajstić information content (AvgIpc) is 3.14. The van der Waals surface area contributed by atoms with Crippen LogP contribution in [0.5, 0.6) is 0 Å². The van der Waals surface area contributed by atoms with E-state index in [1.807, 2.05) is 13.8 Å². The summed E-state index contributed by atoms with van der Waals surface area (Å²) in [5.41, 5.74) is 2.13. The Labute approximate surface area is 136 Å². The lowest BCUT2D eigenvalue weighted by Gasteiger charge is -2.07. The van der Waals surface area contributed by atoms with E-state index in [1.165, 1.54) is 34.5 Å². The molecule has 1 amide bonds. The number of thiophene rings is 1. The van der Waals surface area contributed by atoms with Crippen LogP contribution in [0.2, 0.25) is 0 Å². The fourth-order valence-corrected chi connectivity index (χ4v) is 3.28. The van der Waals surface area contributed by atoms with Crippen LogP contribution in [-0.2, 0) is 6.54 Å². The summed E-state index contributed by atoms with van der Waals surface area (Å²) in [7, 11) is 0. The van der Waals surface area contributed by atoms with Crippen LogP contribution in [0.1, 0.15) is 26.4 Å². The van der Waals surface area contributed by atoms with Crippen LogP contribution < -0.4 is 5.32 Å². The monoisotopic (exact) mass is 331 g/mol. The van der Waals surface area contributed by atoms with E-state index in [1.54, 1.807) is 12.1 Å². The van der Waals surface area contributed by atoms with Crippen molar-refractivity contribution in [1.29, 1.82) is 0 Å². The molecular formula is C15H14FN5OS. The van der Waals surface area contributed by atoms with Crippen molar-refractivity contribution in [3.63, 3.8) is 0 Å². The van der Waals surface area contributed by atoms with E-state index < -0.39 is 0 Å². The highest BCUT2D eigenvalue weighted by atomic mass is 32.1. The first-order valence-corrected chi connectivity index (χ1v) is 7.74. The number of halogens is 1. The molecule has 3 aromatic rings. The lowest BCUT2D eigenvalue weighted by atomic mass is 10.1. The number of amides is 1. The number of aromatic nitrogens is 4. The molecule has 6 nitrogen and oxygen atoms in total. The number of rotatable bonds is 4. The van der Waals surface area contributed by atoms with Crippen LogP contribution >= 0.6 is 11.3 Å². The molecule has 0 aliphatic carbocycles. The number of benzene rings is 1. The molecule has 2 aromatic heterocycles. The van der Waals surface area contributed by atoms with Gasteiger partial charge in [0.25, 0.3) is 5.91 Å². The predicted molar refractivity (Wildman–Crippen MR) is 84.1 cm³/mol. The fourth-order valence-electron chi connectivity index (χ4n) is 2.21. The number of nitrogens with one attached hydrogen (secondary N) is 1. The lowest BCUT2D eigenvalue weighted by Crippen LogP contribution is -2.24. The highest BCUT2D eigenvalue weighted by molar-refractivity contribution is 7.15. The van der Waals surface area contributed by atoms with Gasteiger partial charge < -0.3 is 5.32 Å². The molecule has 118 valence electrons. The topological polar surface area (TPSA) is 72.7 Å². The number of hydrogen-bond acceptors (Lipinski definition) is 5. The van der Waals surface area contributed by atoms with Crippen molar-refractivity contribution in [2.45, 2.75) is 20.4 Å². The minimum absolute atomic E-state index is 0.235. The Morgan fingerprint density at radius 2 is 2.22 bits per heavy atom. The molecule has 23 heavy (non-hydrogen) atoms. The first-order chi connectivity index (χ1) is 11.1. The van der Waals surface area contributed by atoms with Crippen molar-refractivity contribution in [3.05, 3.63) is 58.0 Å². The third-order valence-electron chi connectivity index (χ3n) is 3.49. The van der Waals surface area contributed by atoms with Crippen LogP contribution in [0, 0.1) is 19.7 Å². The number of carbonyl (C=O) groups is 1. The van der Waals surface area contributed by atoms with Crippen LogP contribution in [0.15, 0.2) is 30.6 Å². The summed E-state index contributed by atoms with van der Waals surface area (Å²) in [5.74, 6) is -0.560. The predicted octanol–water partition coefficient (Wildman–Crippen LogP) is 2.41. The zero-order chi connectivity index (χ0) is 16.4. The van der Waals surface area contributed by atoms with Crippen LogP contribution in [0.25, 0.3) is 5.00 Å². The number of carbonyl (C=O) groups excluding carboxylic acids is 1. The van der Waals surface area contributed by atoms with E-state index >= 15 is 0 Å². The molecule has 0 saturated carbocycles. The number of nitrogens with zero attached hydrogens (tertiary/aromatic N) is 4. The Morgan fingerprint density at radius 1 is 1.39 bits per heavy atom. The molecule has 0 radical (unpaired) electrons. The summed E-state index contributed by atoms with van der Waals surface area (Å²) in [4.78, 5) is 13.6. The molecule has 0 spiro atoms. The maximum Gasteiger partial charge on any atom is 0.254 e. The van der Waals surface area contributed by atoms with Gasteiger partial charge in [0.05, 0.1) is 5.56 Å². The quantitative estimate of drug-likeness (QED) is 0.797. The molecule has 3 rings (SSSR count). The summed E-state index contributed by atoms with van der Waals surface area (Å²) >= 11 is 1.45. The van der Waals surface area contributed by atoms with Crippen molar-refractivity contribution in [2.75, 3.05) is 0 Å². The number of tetrazole rings is 1. The van der Waals surface area contributed by atoms with Gasteiger partial charge in [-0.05, 0) is 47.5 Å². The van der Waals surface area contributed by atoms with Gasteiger partial charge in [-0.1, -0.05) is 12.1 Å². The van der Waals surface area contributed by atoms with Gasteiger partial charge in [-0.2, -0.15) is 4.68 Å². The third-order valence-corrected chi connectivity index (χ3v) is 4.69. The second-order valence-electron chi connectivity index (χ2n) is 5.03. The van der Waals surface area contributed by atoms with Gasteiger partial charge in [0.2, 0.25) is 0 Å². The summed E-state index contributed by atoms with van der Waals surface area (Å²) in [6.45, 7) is 4.08. The van der Waals surface area contributed by atoms with Gasteiger partial charge in [-0.15, -0.1) is 16.4 Å². The summed E-state index contributed by atoms with van der Waals surface area (Å²) < 4.78 is 14.7. The molecule has 0 aliphatic rings. The van der Waals surface area contributed by atoms with Gasteiger partial charge in [-0.3, -0.25) is 4.79 Å². The van der Waals surface area contributed by atoms with E-state index in [-0.39, 0.29) is 18.3 Å². The molecule has 1 aromatic carbocycles. The zero-order valence-electron chi connectivity index (χ0n) is 12.6. The largest absolute Gasteiger partial charge is 0.348 e. The Hall–Kier alpha value is -2.61. The molecule has 0 saturated heterocycles. The second-order valence-corrected chi connectivity index (χ2v) is 6.23. The van der Waals surface area contributed by atoms with E-state index in [2.05, 4.69) is 20.8 Å². The van der Waals surface area contributed by atoms with E-state index in [4.69, 9.17) is 0 Å². The molecule has 8 heteroatoms. The van der Waals surface area contributed by atoms with E-state index in [0.717, 1.165) is 10.4 Å². The fraction of sp³-hybridized carbons (Fsp3) is 0.200. The first kappa shape index (κ1) is 15.3. The van der Waals surface area contributed by atoms with Crippen molar-refractivity contribution >= 4 is 17.2 Å². The maximum absolute atomic E-state index is 13.2. The van der Waals surface area contributed by atoms with Gasteiger partial charge >= 0.3 is 0 Å². The number of aryl methyl sites for hydroxylation is 1. The normalized spacial score (nSPS) is 10.7. The van der Waals surface area contributed by atoms with Crippen LogP contribution in [0.4, 0.5) is 4.39 Å². The standard InChI is InChI=1S/C15H14FN5OS/c1-9-10(2)23-15(21-8-18-19-20-21)13(9)14(22)17-7-11-4-3-5-12(16)6-11/h3-6,8H,7H2,1-2H3,(H,17,22). The first-order valence-electron chi connectivity index (χ1n) is 6.92. The Kier molecular flexibility index (Phi) is 4.16. The zero-order valence-corrected chi connectivity index (χ0v) is 13.4. The summed E-state index contributed by atoms with van der Waals surface area (Å²) in [6, 6.07) is 6.14. The molecule has 1 N–H and O–H groups in total. The minimum Gasteiger partial charge on any atom is -0.348 e. The lowest BCUT2D eigenvalue weighted by molar-refractivity contribution is 0.0950. The van der Waals surface area contributed by atoms with Gasteiger partial charge in [-0.25, -0.2) is 4.39 Å². The second kappa shape index (κ2) is 6.25. The smallest absolute Gasteiger partial charge is 0.254 e. The third kappa shape index (κ3) is 3.11. The SMILES string of the molecule is Cc1sc(-n2cnnn2)c(C(=O)NCc2cccc(F)c2)c1C. The summed E-state index contributed by atoms with van der Waals surface area (Å²) in [5, 5.41) is 14.6. The van der Waals surface area contributed by atoms with Crippen LogP contribution in [0.3, 0.4) is 0 Å². The molecule has 0 atom stereocenters. The molecular weight excluding hydrogens is 317 g/mol. The van der Waals surface area contributed by atoms with Gasteiger partial charge in [0.1, 0.15) is 17.1 Å². The highest BCUT2D eigenvalue weighted by Gasteiger charge is 2.21. The van der Waals surface area contributed by atoms with E-state index in [9.17, 15) is 9.18 Å². The Morgan fingerprint density at radius 3 is 2.91 bits per heavy atom. The molecule has 0 bridgehead atoms. The van der Waals surface area contributed by atoms with Crippen molar-refractivity contribution in [2.24, 2.45) is 0 Å². The average molecular weight is 331 g/mol. The van der Waals surface area contributed by atoms with Crippen molar-refractivity contribution in [3.8, 4) is 5.00 Å². The Bertz CT molecular complexity index is 844. The maximum atomic E-state index is 13.2.